The van der Waals surface area contributed by atoms with E-state index in [2.05, 4.69) is 23.9 Å². The summed E-state index contributed by atoms with van der Waals surface area (Å²) in [6.07, 6.45) is 0. The van der Waals surface area contributed by atoms with E-state index in [4.69, 9.17) is 19.7 Å². The largest absolute Gasteiger partial charge is 0.493 e. The molecule has 2 rings (SSSR count). The smallest absolute Gasteiger partial charge is 0.230 e. The van der Waals surface area contributed by atoms with Crippen LogP contribution in [0.25, 0.3) is 11.1 Å². The molecule has 0 unspecified atom stereocenters. The third kappa shape index (κ3) is 3.17. The Kier molecular flexibility index (Phi) is 5.27. The Bertz CT molecular complexity index is 621. The van der Waals surface area contributed by atoms with E-state index in [1.807, 2.05) is 18.2 Å². The van der Waals surface area contributed by atoms with Crippen LogP contribution in [-0.2, 0) is 6.54 Å². The molecule has 0 aliphatic rings. The van der Waals surface area contributed by atoms with Crippen molar-refractivity contribution in [1.29, 1.82) is 0 Å². The average molecular weight is 305 g/mol. The Morgan fingerprint density at radius 2 is 1.82 bits per heavy atom. The van der Waals surface area contributed by atoms with E-state index in [0.29, 0.717) is 23.9 Å². The van der Waals surface area contributed by atoms with Gasteiger partial charge in [-0.2, -0.15) is 0 Å². The molecule has 0 radical (unpaired) electrons. The van der Waals surface area contributed by atoms with Gasteiger partial charge in [0.1, 0.15) is 5.69 Å². The quantitative estimate of drug-likeness (QED) is 0.848. The minimum atomic E-state index is 0.314. The third-order valence-corrected chi connectivity index (χ3v) is 3.73. The molecule has 120 valence electrons. The molecule has 0 spiro atoms. The number of aromatic nitrogens is 1. The molecule has 0 saturated heterocycles. The van der Waals surface area contributed by atoms with Gasteiger partial charge in [0.15, 0.2) is 11.5 Å². The SMILES string of the molecule is CCN(CC)Cc1noc(N)c1-c1ccc(OC)c(OC)c1. The van der Waals surface area contributed by atoms with E-state index in [1.54, 1.807) is 14.2 Å². The summed E-state index contributed by atoms with van der Waals surface area (Å²) in [5.41, 5.74) is 8.52. The van der Waals surface area contributed by atoms with Crippen LogP contribution in [0.15, 0.2) is 22.7 Å². The Hall–Kier alpha value is -2.21. The van der Waals surface area contributed by atoms with E-state index in [9.17, 15) is 0 Å². The van der Waals surface area contributed by atoms with Crippen LogP contribution in [-0.4, -0.2) is 37.4 Å². The molecule has 1 aromatic heterocycles. The van der Waals surface area contributed by atoms with Crippen LogP contribution in [0.2, 0.25) is 0 Å². The summed E-state index contributed by atoms with van der Waals surface area (Å²) in [4.78, 5) is 2.25. The molecule has 1 heterocycles. The Balaban J connectivity index is 2.42. The lowest BCUT2D eigenvalue weighted by Gasteiger charge is -2.17. The van der Waals surface area contributed by atoms with Gasteiger partial charge in [-0.3, -0.25) is 4.90 Å². The fraction of sp³-hybridized carbons (Fsp3) is 0.438. The molecule has 0 aliphatic carbocycles. The molecule has 0 atom stereocenters. The first-order chi connectivity index (χ1) is 10.6. The number of methoxy groups -OCH3 is 2. The summed E-state index contributed by atoms with van der Waals surface area (Å²) < 4.78 is 15.8. The van der Waals surface area contributed by atoms with Crippen LogP contribution >= 0.6 is 0 Å². The van der Waals surface area contributed by atoms with Crippen LogP contribution in [0, 0.1) is 0 Å². The van der Waals surface area contributed by atoms with Crippen molar-refractivity contribution < 1.29 is 14.0 Å². The molecule has 22 heavy (non-hydrogen) atoms. The fourth-order valence-corrected chi connectivity index (χ4v) is 2.41. The van der Waals surface area contributed by atoms with E-state index in [0.717, 1.165) is 29.9 Å². The molecular weight excluding hydrogens is 282 g/mol. The molecule has 2 N–H and O–H groups in total. The molecule has 0 saturated carbocycles. The molecule has 0 aliphatic heterocycles. The molecule has 0 fully saturated rings. The van der Waals surface area contributed by atoms with Crippen LogP contribution < -0.4 is 15.2 Å². The van der Waals surface area contributed by atoms with Gasteiger partial charge < -0.3 is 19.7 Å². The number of nitrogens with zero attached hydrogens (tertiary/aromatic N) is 2. The number of hydrogen-bond acceptors (Lipinski definition) is 6. The minimum Gasteiger partial charge on any atom is -0.493 e. The van der Waals surface area contributed by atoms with E-state index in [-0.39, 0.29) is 0 Å². The topological polar surface area (TPSA) is 73.8 Å². The molecular formula is C16H23N3O3. The van der Waals surface area contributed by atoms with Gasteiger partial charge in [-0.15, -0.1) is 0 Å². The van der Waals surface area contributed by atoms with Crippen LogP contribution in [0.3, 0.4) is 0 Å². The second-order valence-corrected chi connectivity index (χ2v) is 4.90. The van der Waals surface area contributed by atoms with Gasteiger partial charge in [-0.05, 0) is 30.8 Å². The van der Waals surface area contributed by atoms with Crippen LogP contribution in [0.1, 0.15) is 19.5 Å². The van der Waals surface area contributed by atoms with Crippen LogP contribution in [0.4, 0.5) is 5.88 Å². The lowest BCUT2D eigenvalue weighted by atomic mass is 10.0. The highest BCUT2D eigenvalue weighted by atomic mass is 16.5. The van der Waals surface area contributed by atoms with Crippen molar-refractivity contribution in [3.8, 4) is 22.6 Å². The van der Waals surface area contributed by atoms with Gasteiger partial charge in [-0.1, -0.05) is 25.1 Å². The zero-order valence-electron chi connectivity index (χ0n) is 13.5. The Morgan fingerprint density at radius 1 is 1.14 bits per heavy atom. The molecule has 2 aromatic rings. The van der Waals surface area contributed by atoms with Gasteiger partial charge in [0.2, 0.25) is 5.88 Å². The highest BCUT2D eigenvalue weighted by Crippen LogP contribution is 2.36. The van der Waals surface area contributed by atoms with Crippen molar-refractivity contribution in [1.82, 2.24) is 10.1 Å². The van der Waals surface area contributed by atoms with E-state index < -0.39 is 0 Å². The fourth-order valence-electron chi connectivity index (χ4n) is 2.41. The third-order valence-electron chi connectivity index (χ3n) is 3.73. The summed E-state index contributed by atoms with van der Waals surface area (Å²) in [7, 11) is 3.21. The van der Waals surface area contributed by atoms with Gasteiger partial charge in [0, 0.05) is 6.54 Å². The molecule has 6 nitrogen and oxygen atoms in total. The number of nitrogen functional groups attached to an aromatic ring is 1. The number of ether oxygens (including phenoxy) is 2. The second kappa shape index (κ2) is 7.17. The van der Waals surface area contributed by atoms with Crippen molar-refractivity contribution >= 4 is 5.88 Å². The standard InChI is InChI=1S/C16H23N3O3/c1-5-19(6-2)10-12-15(16(17)22-18-12)11-7-8-13(20-3)14(9-11)21-4/h7-9H,5-6,10,17H2,1-4H3. The number of anilines is 1. The summed E-state index contributed by atoms with van der Waals surface area (Å²) in [5.74, 6) is 1.63. The summed E-state index contributed by atoms with van der Waals surface area (Å²) in [6.45, 7) is 6.80. The second-order valence-electron chi connectivity index (χ2n) is 4.90. The van der Waals surface area contributed by atoms with E-state index >= 15 is 0 Å². The number of rotatable bonds is 7. The predicted octanol–water partition coefficient (Wildman–Crippen LogP) is 2.78. The number of nitrogens with two attached hydrogens (primary N) is 1. The maximum Gasteiger partial charge on any atom is 0.230 e. The first-order valence-corrected chi connectivity index (χ1v) is 7.33. The highest BCUT2D eigenvalue weighted by molar-refractivity contribution is 5.76. The Labute approximate surface area is 130 Å². The maximum absolute atomic E-state index is 5.97. The molecule has 6 heteroatoms. The first kappa shape index (κ1) is 16.2. The van der Waals surface area contributed by atoms with Crippen molar-refractivity contribution in [2.24, 2.45) is 0 Å². The molecule has 0 amide bonds. The zero-order valence-corrected chi connectivity index (χ0v) is 13.5. The van der Waals surface area contributed by atoms with Gasteiger partial charge in [0.25, 0.3) is 0 Å². The monoisotopic (exact) mass is 305 g/mol. The molecule has 1 aromatic carbocycles. The Morgan fingerprint density at radius 3 is 2.41 bits per heavy atom. The lowest BCUT2D eigenvalue weighted by molar-refractivity contribution is 0.284. The summed E-state index contributed by atoms with van der Waals surface area (Å²) in [6, 6.07) is 5.66. The highest BCUT2D eigenvalue weighted by Gasteiger charge is 2.19. The molecule has 0 bridgehead atoms. The number of hydrogen-bond donors (Lipinski definition) is 1. The van der Waals surface area contributed by atoms with Crippen molar-refractivity contribution in [3.05, 3.63) is 23.9 Å². The first-order valence-electron chi connectivity index (χ1n) is 7.33. The van der Waals surface area contributed by atoms with Crippen molar-refractivity contribution in [2.45, 2.75) is 20.4 Å². The van der Waals surface area contributed by atoms with Gasteiger partial charge in [-0.25, -0.2) is 0 Å². The normalized spacial score (nSPS) is 11.0. The average Bonchev–Trinajstić information content (AvgIpc) is 2.92. The summed E-state index contributed by atoms with van der Waals surface area (Å²) in [5, 5.41) is 4.11. The predicted molar refractivity (Wildman–Crippen MR) is 86.1 cm³/mol. The van der Waals surface area contributed by atoms with Crippen molar-refractivity contribution in [3.63, 3.8) is 0 Å². The summed E-state index contributed by atoms with van der Waals surface area (Å²) >= 11 is 0. The minimum absolute atomic E-state index is 0.314. The number of benzene rings is 1. The maximum atomic E-state index is 5.97. The van der Waals surface area contributed by atoms with Crippen LogP contribution in [0.5, 0.6) is 11.5 Å². The van der Waals surface area contributed by atoms with Gasteiger partial charge >= 0.3 is 0 Å². The lowest BCUT2D eigenvalue weighted by Crippen LogP contribution is -2.22. The van der Waals surface area contributed by atoms with Crippen molar-refractivity contribution in [2.75, 3.05) is 33.0 Å². The van der Waals surface area contributed by atoms with Gasteiger partial charge in [0.05, 0.1) is 19.8 Å². The van der Waals surface area contributed by atoms with E-state index in [1.165, 1.54) is 0 Å². The zero-order chi connectivity index (χ0) is 16.1.